The Morgan fingerprint density at radius 3 is 2.52 bits per heavy atom. The summed E-state index contributed by atoms with van der Waals surface area (Å²) in [5, 5.41) is 8.00. The molecule has 0 saturated carbocycles. The number of rotatable bonds is 4. The maximum absolute atomic E-state index is 11.4. The number of aliphatic imine (C=N–C) groups is 1. The Labute approximate surface area is 163 Å². The summed E-state index contributed by atoms with van der Waals surface area (Å²) in [5.41, 5.74) is 0.863. The number of hydrogen-bond acceptors (Lipinski definition) is 5. The fraction of sp³-hybridized carbons (Fsp3) is 0.444. The van der Waals surface area contributed by atoms with Gasteiger partial charge in [0.25, 0.3) is 0 Å². The molecule has 9 heteroatoms. The van der Waals surface area contributed by atoms with Crippen LogP contribution in [0.2, 0.25) is 5.02 Å². The summed E-state index contributed by atoms with van der Waals surface area (Å²) < 4.78 is 5.32. The molecule has 1 aliphatic rings. The van der Waals surface area contributed by atoms with Crippen molar-refractivity contribution in [1.29, 1.82) is 0 Å². The molecule has 1 aromatic carbocycles. The van der Waals surface area contributed by atoms with E-state index in [-0.39, 0.29) is 5.91 Å². The summed E-state index contributed by atoms with van der Waals surface area (Å²) in [7, 11) is 1.75. The van der Waals surface area contributed by atoms with Gasteiger partial charge in [0, 0.05) is 63.7 Å². The highest BCUT2D eigenvalue weighted by Gasteiger charge is 2.20. The molecule has 0 atom stereocenters. The number of nitrogens with zero attached hydrogens (tertiary/aromatic N) is 5. The Morgan fingerprint density at radius 1 is 1.22 bits per heavy atom. The molecule has 2 heterocycles. The van der Waals surface area contributed by atoms with Crippen LogP contribution in [0.15, 0.2) is 33.8 Å². The van der Waals surface area contributed by atoms with E-state index in [0.29, 0.717) is 42.8 Å². The molecule has 0 bridgehead atoms. The molecule has 2 aromatic rings. The van der Waals surface area contributed by atoms with Crippen molar-refractivity contribution in [2.75, 3.05) is 39.8 Å². The van der Waals surface area contributed by atoms with Crippen LogP contribution >= 0.6 is 11.6 Å². The summed E-state index contributed by atoms with van der Waals surface area (Å²) in [6, 6.07) is 7.31. The third-order valence-corrected chi connectivity index (χ3v) is 4.68. The zero-order valence-corrected chi connectivity index (χ0v) is 16.2. The Bertz CT molecular complexity index is 796. The van der Waals surface area contributed by atoms with E-state index >= 15 is 0 Å². The average Bonchev–Trinajstić information content (AvgIpc) is 3.15. The van der Waals surface area contributed by atoms with Crippen LogP contribution in [0.25, 0.3) is 11.4 Å². The first kappa shape index (κ1) is 19.2. The molecule has 0 spiro atoms. The molecule has 1 fully saturated rings. The van der Waals surface area contributed by atoms with Gasteiger partial charge in [-0.1, -0.05) is 16.8 Å². The number of nitrogens with one attached hydrogen (secondary N) is 1. The van der Waals surface area contributed by atoms with Crippen molar-refractivity contribution in [2.45, 2.75) is 13.3 Å². The summed E-state index contributed by atoms with van der Waals surface area (Å²) in [4.78, 5) is 24.2. The lowest BCUT2D eigenvalue weighted by atomic mass is 10.2. The fourth-order valence-electron chi connectivity index (χ4n) is 2.92. The quantitative estimate of drug-likeness (QED) is 0.631. The highest BCUT2D eigenvalue weighted by molar-refractivity contribution is 6.30. The maximum atomic E-state index is 11.4. The molecule has 3 rings (SSSR count). The molecule has 0 aliphatic carbocycles. The minimum absolute atomic E-state index is 0.116. The number of aromatic nitrogens is 2. The van der Waals surface area contributed by atoms with Gasteiger partial charge in [0.05, 0.1) is 0 Å². The van der Waals surface area contributed by atoms with Gasteiger partial charge in [-0.15, -0.1) is 0 Å². The van der Waals surface area contributed by atoms with Crippen molar-refractivity contribution in [3.8, 4) is 11.4 Å². The molecule has 8 nitrogen and oxygen atoms in total. The number of halogens is 1. The van der Waals surface area contributed by atoms with E-state index in [9.17, 15) is 4.79 Å². The van der Waals surface area contributed by atoms with Crippen LogP contribution in [0.5, 0.6) is 0 Å². The lowest BCUT2D eigenvalue weighted by Crippen LogP contribution is -2.53. The molecule has 1 amide bonds. The number of carbonyl (C=O) groups excluding carboxylic acids is 1. The second-order valence-electron chi connectivity index (χ2n) is 6.24. The van der Waals surface area contributed by atoms with Crippen molar-refractivity contribution in [3.63, 3.8) is 0 Å². The van der Waals surface area contributed by atoms with Gasteiger partial charge in [0.15, 0.2) is 5.96 Å². The van der Waals surface area contributed by atoms with Gasteiger partial charge < -0.3 is 19.6 Å². The van der Waals surface area contributed by atoms with Crippen molar-refractivity contribution >= 4 is 23.5 Å². The Kier molecular flexibility index (Phi) is 6.28. The summed E-state index contributed by atoms with van der Waals surface area (Å²) >= 11 is 5.90. The van der Waals surface area contributed by atoms with Crippen LogP contribution in [0.3, 0.4) is 0 Å². The first-order chi connectivity index (χ1) is 13.1. The van der Waals surface area contributed by atoms with Gasteiger partial charge in [0.2, 0.25) is 17.6 Å². The standard InChI is InChI=1S/C18H23ClN6O2/c1-13(26)24-9-11-25(12-10-24)18(20-2)21-8-7-16-22-17(23-27-16)14-3-5-15(19)6-4-14/h3-6H,7-12H2,1-2H3,(H,20,21). The Morgan fingerprint density at radius 2 is 1.89 bits per heavy atom. The van der Waals surface area contributed by atoms with E-state index in [1.165, 1.54) is 0 Å². The molecule has 1 aliphatic heterocycles. The summed E-state index contributed by atoms with van der Waals surface area (Å²) in [6.45, 7) is 5.18. The molecular weight excluding hydrogens is 368 g/mol. The number of guanidine groups is 1. The lowest BCUT2D eigenvalue weighted by Gasteiger charge is -2.36. The van der Waals surface area contributed by atoms with Gasteiger partial charge in [-0.25, -0.2) is 0 Å². The number of hydrogen-bond donors (Lipinski definition) is 1. The largest absolute Gasteiger partial charge is 0.356 e. The molecule has 0 unspecified atom stereocenters. The minimum atomic E-state index is 0.116. The molecule has 1 saturated heterocycles. The highest BCUT2D eigenvalue weighted by atomic mass is 35.5. The predicted octanol–water partition coefficient (Wildman–Crippen LogP) is 1.67. The summed E-state index contributed by atoms with van der Waals surface area (Å²) in [6.07, 6.45) is 0.590. The zero-order valence-electron chi connectivity index (χ0n) is 15.5. The lowest BCUT2D eigenvalue weighted by molar-refractivity contribution is -0.130. The summed E-state index contributed by atoms with van der Waals surface area (Å²) in [5.74, 6) is 2.04. The second-order valence-corrected chi connectivity index (χ2v) is 6.67. The molecule has 27 heavy (non-hydrogen) atoms. The van der Waals surface area contributed by atoms with Gasteiger partial charge in [-0.2, -0.15) is 4.98 Å². The number of piperazine rings is 1. The minimum Gasteiger partial charge on any atom is -0.356 e. The van der Waals surface area contributed by atoms with Crippen LogP contribution in [0.1, 0.15) is 12.8 Å². The van der Waals surface area contributed by atoms with E-state index in [4.69, 9.17) is 16.1 Å². The number of benzene rings is 1. The zero-order chi connectivity index (χ0) is 19.2. The second kappa shape index (κ2) is 8.85. The van der Waals surface area contributed by atoms with Gasteiger partial charge in [-0.05, 0) is 24.3 Å². The van der Waals surface area contributed by atoms with Crippen LogP contribution in [-0.2, 0) is 11.2 Å². The van der Waals surface area contributed by atoms with E-state index in [1.54, 1.807) is 26.1 Å². The van der Waals surface area contributed by atoms with Gasteiger partial charge in [-0.3, -0.25) is 9.79 Å². The molecule has 0 radical (unpaired) electrons. The van der Waals surface area contributed by atoms with E-state index in [1.807, 2.05) is 17.0 Å². The van der Waals surface area contributed by atoms with Crippen LogP contribution in [0.4, 0.5) is 0 Å². The first-order valence-electron chi connectivity index (χ1n) is 8.86. The van der Waals surface area contributed by atoms with Crippen LogP contribution in [0, 0.1) is 0 Å². The maximum Gasteiger partial charge on any atom is 0.228 e. The topological polar surface area (TPSA) is 86.9 Å². The smallest absolute Gasteiger partial charge is 0.228 e. The first-order valence-corrected chi connectivity index (χ1v) is 9.24. The van der Waals surface area contributed by atoms with Crippen molar-refractivity contribution in [3.05, 3.63) is 35.2 Å². The van der Waals surface area contributed by atoms with E-state index in [0.717, 1.165) is 24.6 Å². The van der Waals surface area contributed by atoms with Crippen molar-refractivity contribution in [2.24, 2.45) is 4.99 Å². The molecule has 1 N–H and O–H groups in total. The van der Waals surface area contributed by atoms with Crippen LogP contribution in [-0.4, -0.2) is 71.6 Å². The van der Waals surface area contributed by atoms with Gasteiger partial charge in [0.1, 0.15) is 0 Å². The average molecular weight is 391 g/mol. The molecule has 144 valence electrons. The highest BCUT2D eigenvalue weighted by Crippen LogP contribution is 2.18. The molecule has 1 aromatic heterocycles. The van der Waals surface area contributed by atoms with Gasteiger partial charge >= 0.3 is 0 Å². The number of carbonyl (C=O) groups is 1. The predicted molar refractivity (Wildman–Crippen MR) is 104 cm³/mol. The SMILES string of the molecule is CN=C(NCCc1nc(-c2ccc(Cl)cc2)no1)N1CCN(C(C)=O)CC1. The molecular formula is C18H23ClN6O2. The monoisotopic (exact) mass is 390 g/mol. The van der Waals surface area contributed by atoms with Crippen molar-refractivity contribution < 1.29 is 9.32 Å². The number of amides is 1. The van der Waals surface area contributed by atoms with Crippen LogP contribution < -0.4 is 5.32 Å². The van der Waals surface area contributed by atoms with Crippen molar-refractivity contribution in [1.82, 2.24) is 25.3 Å². The normalized spacial score (nSPS) is 15.1. The Hall–Kier alpha value is -2.61. The fourth-order valence-corrected chi connectivity index (χ4v) is 3.05. The third-order valence-electron chi connectivity index (χ3n) is 4.43. The van der Waals surface area contributed by atoms with E-state index < -0.39 is 0 Å². The Balaban J connectivity index is 1.49. The van der Waals surface area contributed by atoms with E-state index in [2.05, 4.69) is 25.3 Å². The third kappa shape index (κ3) is 4.97.